The van der Waals surface area contributed by atoms with Crippen LogP contribution in [0.2, 0.25) is 0 Å². The Bertz CT molecular complexity index is 1120. The number of hydrogen-bond donors (Lipinski definition) is 4. The molecule has 1 heterocycles. The zero-order valence-corrected chi connectivity index (χ0v) is 17.9. The Morgan fingerprint density at radius 2 is 1.81 bits per heavy atom. The summed E-state index contributed by atoms with van der Waals surface area (Å²) < 4.78 is 40.5. The SMILES string of the molecule is CC(C)C(CO)NC(=O)c1ccc2c(c1)c(N)c(N(C)N)n2-c1ccc(C(F)(F)F)cc1. The summed E-state index contributed by atoms with van der Waals surface area (Å²) in [6.45, 7) is 3.58. The van der Waals surface area contributed by atoms with Gasteiger partial charge in [0.2, 0.25) is 0 Å². The van der Waals surface area contributed by atoms with E-state index in [2.05, 4.69) is 5.32 Å². The molecule has 0 bridgehead atoms. The van der Waals surface area contributed by atoms with Crippen LogP contribution in [0.15, 0.2) is 42.5 Å². The average Bonchev–Trinajstić information content (AvgIpc) is 3.03. The van der Waals surface area contributed by atoms with E-state index in [0.717, 1.165) is 12.1 Å². The topological polar surface area (TPSA) is 110 Å². The highest BCUT2D eigenvalue weighted by Gasteiger charge is 2.30. The minimum absolute atomic E-state index is 0.0380. The Hall–Kier alpha value is -3.24. The lowest BCUT2D eigenvalue weighted by Gasteiger charge is -2.20. The van der Waals surface area contributed by atoms with Crippen LogP contribution in [0.5, 0.6) is 0 Å². The molecule has 0 radical (unpaired) electrons. The van der Waals surface area contributed by atoms with Crippen molar-refractivity contribution in [2.45, 2.75) is 26.1 Å². The number of anilines is 2. The van der Waals surface area contributed by atoms with Crippen LogP contribution in [0.25, 0.3) is 16.6 Å². The van der Waals surface area contributed by atoms with E-state index in [1.165, 1.54) is 17.1 Å². The fourth-order valence-corrected chi connectivity index (χ4v) is 3.53. The summed E-state index contributed by atoms with van der Waals surface area (Å²) in [6.07, 6.45) is -4.45. The maximum atomic E-state index is 13.0. The Morgan fingerprint density at radius 3 is 2.31 bits per heavy atom. The van der Waals surface area contributed by atoms with Crippen LogP contribution in [0.4, 0.5) is 24.7 Å². The molecular formula is C22H26F3N5O2. The molecule has 1 amide bonds. The van der Waals surface area contributed by atoms with Crippen LogP contribution in [-0.2, 0) is 6.18 Å². The highest BCUT2D eigenvalue weighted by Crippen LogP contribution is 2.38. The van der Waals surface area contributed by atoms with E-state index in [9.17, 15) is 23.1 Å². The van der Waals surface area contributed by atoms with Gasteiger partial charge in [-0.05, 0) is 48.4 Å². The molecule has 1 unspecified atom stereocenters. The lowest BCUT2D eigenvalue weighted by Crippen LogP contribution is -2.41. The third-order valence-corrected chi connectivity index (χ3v) is 5.35. The van der Waals surface area contributed by atoms with E-state index >= 15 is 0 Å². The number of halogens is 3. The first-order valence-electron chi connectivity index (χ1n) is 9.97. The number of alkyl halides is 3. The van der Waals surface area contributed by atoms with Gasteiger partial charge in [0.1, 0.15) is 0 Å². The van der Waals surface area contributed by atoms with Crippen LogP contribution in [0.3, 0.4) is 0 Å². The van der Waals surface area contributed by atoms with Crippen molar-refractivity contribution >= 4 is 28.3 Å². The standard InChI is InChI=1S/C22H26F3N5O2/c1-12(2)17(11-31)28-20(32)13-4-9-18-16(10-13)19(26)21(29(3)27)30(18)15-7-5-14(6-8-15)22(23,24)25/h4-10,12,17,31H,11,26-27H2,1-3H3,(H,28,32). The number of nitrogens with one attached hydrogen (secondary N) is 1. The highest BCUT2D eigenvalue weighted by atomic mass is 19.4. The molecule has 6 N–H and O–H groups in total. The molecule has 10 heteroatoms. The van der Waals surface area contributed by atoms with Crippen molar-refractivity contribution in [1.29, 1.82) is 0 Å². The number of aliphatic hydroxyl groups excluding tert-OH is 1. The maximum Gasteiger partial charge on any atom is 0.416 e. The van der Waals surface area contributed by atoms with Gasteiger partial charge in [0.05, 0.1) is 29.4 Å². The number of aromatic nitrogens is 1. The van der Waals surface area contributed by atoms with Crippen LogP contribution in [0, 0.1) is 5.92 Å². The van der Waals surface area contributed by atoms with Gasteiger partial charge in [-0.2, -0.15) is 13.2 Å². The molecule has 7 nitrogen and oxygen atoms in total. The van der Waals surface area contributed by atoms with E-state index < -0.39 is 17.8 Å². The van der Waals surface area contributed by atoms with E-state index in [-0.39, 0.29) is 24.1 Å². The third-order valence-electron chi connectivity index (χ3n) is 5.35. The van der Waals surface area contributed by atoms with E-state index in [0.29, 0.717) is 28.0 Å². The number of amides is 1. The molecule has 1 atom stereocenters. The first kappa shape index (κ1) is 23.4. The minimum Gasteiger partial charge on any atom is -0.395 e. The van der Waals surface area contributed by atoms with Crippen LogP contribution in [0.1, 0.15) is 29.8 Å². The van der Waals surface area contributed by atoms with E-state index in [4.69, 9.17) is 11.6 Å². The lowest BCUT2D eigenvalue weighted by atomic mass is 10.0. The van der Waals surface area contributed by atoms with Gasteiger partial charge < -0.3 is 16.2 Å². The molecule has 0 aliphatic carbocycles. The zero-order valence-electron chi connectivity index (χ0n) is 17.9. The van der Waals surface area contributed by atoms with Crippen LogP contribution < -0.4 is 21.9 Å². The molecule has 32 heavy (non-hydrogen) atoms. The van der Waals surface area contributed by atoms with Gasteiger partial charge in [-0.25, -0.2) is 5.84 Å². The zero-order chi connectivity index (χ0) is 23.8. The van der Waals surface area contributed by atoms with Gasteiger partial charge >= 0.3 is 6.18 Å². The fraction of sp³-hybridized carbons (Fsp3) is 0.318. The van der Waals surface area contributed by atoms with Gasteiger partial charge in [0.25, 0.3) is 5.91 Å². The lowest BCUT2D eigenvalue weighted by molar-refractivity contribution is -0.137. The highest BCUT2D eigenvalue weighted by molar-refractivity contribution is 6.05. The fourth-order valence-electron chi connectivity index (χ4n) is 3.53. The van der Waals surface area contributed by atoms with E-state index in [1.54, 1.807) is 29.8 Å². The van der Waals surface area contributed by atoms with Gasteiger partial charge in [0, 0.05) is 23.7 Å². The number of nitrogen functional groups attached to an aromatic ring is 1. The average molecular weight is 449 g/mol. The summed E-state index contributed by atoms with van der Waals surface area (Å²) in [7, 11) is 1.56. The minimum atomic E-state index is -4.45. The molecule has 0 fully saturated rings. The number of nitrogens with two attached hydrogens (primary N) is 2. The normalized spacial score (nSPS) is 12.9. The quantitative estimate of drug-likeness (QED) is 0.341. The van der Waals surface area contributed by atoms with Gasteiger partial charge in [-0.3, -0.25) is 14.4 Å². The van der Waals surface area contributed by atoms with Crippen molar-refractivity contribution in [1.82, 2.24) is 9.88 Å². The molecule has 0 aliphatic rings. The molecule has 3 aromatic rings. The summed E-state index contributed by atoms with van der Waals surface area (Å²) in [5.41, 5.74) is 7.18. The number of aliphatic hydroxyl groups is 1. The van der Waals surface area contributed by atoms with Gasteiger partial charge in [0.15, 0.2) is 5.82 Å². The molecule has 3 rings (SSSR count). The largest absolute Gasteiger partial charge is 0.416 e. The monoisotopic (exact) mass is 449 g/mol. The molecule has 0 saturated carbocycles. The molecule has 0 aliphatic heterocycles. The Labute approximate surface area is 183 Å². The Kier molecular flexibility index (Phi) is 6.38. The van der Waals surface area contributed by atoms with Crippen molar-refractivity contribution in [2.75, 3.05) is 24.4 Å². The summed E-state index contributed by atoms with van der Waals surface area (Å²) in [4.78, 5) is 12.7. The summed E-state index contributed by atoms with van der Waals surface area (Å²) in [5.74, 6) is 6.01. The second-order valence-electron chi connectivity index (χ2n) is 7.97. The number of hydrazine groups is 1. The van der Waals surface area contributed by atoms with Gasteiger partial charge in [-0.15, -0.1) is 0 Å². The second-order valence-corrected chi connectivity index (χ2v) is 7.97. The molecule has 1 aromatic heterocycles. The van der Waals surface area contributed by atoms with Crippen molar-refractivity contribution in [3.05, 3.63) is 53.6 Å². The molecule has 0 spiro atoms. The number of carbonyl (C=O) groups excluding carboxylic acids is 1. The number of fused-ring (bicyclic) bond motifs is 1. The second kappa shape index (κ2) is 8.71. The maximum absolute atomic E-state index is 13.0. The number of rotatable bonds is 6. The first-order valence-corrected chi connectivity index (χ1v) is 9.97. The predicted molar refractivity (Wildman–Crippen MR) is 118 cm³/mol. The first-order chi connectivity index (χ1) is 15.0. The van der Waals surface area contributed by atoms with Crippen LogP contribution in [-0.4, -0.2) is 35.3 Å². The predicted octanol–water partition coefficient (Wildman–Crippen LogP) is 3.29. The van der Waals surface area contributed by atoms with Crippen molar-refractivity contribution in [3.8, 4) is 5.69 Å². The molecule has 0 saturated heterocycles. The van der Waals surface area contributed by atoms with Crippen molar-refractivity contribution < 1.29 is 23.1 Å². The van der Waals surface area contributed by atoms with Crippen molar-refractivity contribution in [2.24, 2.45) is 11.8 Å². The third kappa shape index (κ3) is 4.37. The van der Waals surface area contributed by atoms with Crippen LogP contribution >= 0.6 is 0 Å². The number of nitrogens with zero attached hydrogens (tertiary/aromatic N) is 2. The Morgan fingerprint density at radius 1 is 1.19 bits per heavy atom. The van der Waals surface area contributed by atoms with E-state index in [1.807, 2.05) is 13.8 Å². The summed E-state index contributed by atoms with van der Waals surface area (Å²) in [5, 5.41) is 14.1. The number of benzene rings is 2. The molecule has 2 aromatic carbocycles. The Balaban J connectivity index is 2.10. The summed E-state index contributed by atoms with van der Waals surface area (Å²) >= 11 is 0. The number of hydrogen-bond acceptors (Lipinski definition) is 5. The number of carbonyl (C=O) groups is 1. The smallest absolute Gasteiger partial charge is 0.395 e. The molecular weight excluding hydrogens is 423 g/mol. The van der Waals surface area contributed by atoms with Crippen molar-refractivity contribution in [3.63, 3.8) is 0 Å². The molecule has 172 valence electrons. The van der Waals surface area contributed by atoms with Gasteiger partial charge in [-0.1, -0.05) is 13.8 Å². The summed E-state index contributed by atoms with van der Waals surface area (Å²) in [6, 6.07) is 9.09.